The van der Waals surface area contributed by atoms with Crippen LogP contribution in [0.3, 0.4) is 0 Å². The van der Waals surface area contributed by atoms with Gasteiger partial charge in [0.25, 0.3) is 0 Å². The zero-order chi connectivity index (χ0) is 15.7. The number of hydrogen-bond donors (Lipinski definition) is 0. The Kier molecular flexibility index (Phi) is 4.24. The molecule has 120 valence electrons. The van der Waals surface area contributed by atoms with E-state index in [0.717, 1.165) is 18.4 Å². The third-order valence-corrected chi connectivity index (χ3v) is 5.49. The highest BCUT2D eigenvalue weighted by Gasteiger charge is 2.59. The van der Waals surface area contributed by atoms with E-state index >= 15 is 0 Å². The first-order chi connectivity index (χ1) is 10.6. The predicted octanol–water partition coefficient (Wildman–Crippen LogP) is 2.82. The van der Waals surface area contributed by atoms with Gasteiger partial charge in [0.1, 0.15) is 0 Å². The van der Waals surface area contributed by atoms with E-state index in [-0.39, 0.29) is 17.9 Å². The van der Waals surface area contributed by atoms with Gasteiger partial charge in [-0.1, -0.05) is 43.7 Å². The van der Waals surface area contributed by atoms with Gasteiger partial charge in [0, 0.05) is 33.1 Å². The van der Waals surface area contributed by atoms with Crippen molar-refractivity contribution in [1.82, 2.24) is 4.90 Å². The molecular formula is C18H25NO3. The highest BCUT2D eigenvalue weighted by atomic mass is 16.7. The van der Waals surface area contributed by atoms with Gasteiger partial charge in [-0.3, -0.25) is 4.79 Å². The van der Waals surface area contributed by atoms with Gasteiger partial charge in [0.15, 0.2) is 5.79 Å². The SMILES string of the molecule is CC[C@H]1C[C@H]2N(Cc3ccccc3)C(=O)[C@H]1CC2(OC)OC. The van der Waals surface area contributed by atoms with Crippen LogP contribution in [-0.2, 0) is 20.8 Å². The van der Waals surface area contributed by atoms with Crippen LogP contribution >= 0.6 is 0 Å². The molecule has 0 N–H and O–H groups in total. The second-order valence-electron chi connectivity index (χ2n) is 6.40. The second-order valence-corrected chi connectivity index (χ2v) is 6.40. The summed E-state index contributed by atoms with van der Waals surface area (Å²) in [5.41, 5.74) is 1.15. The Labute approximate surface area is 132 Å². The smallest absolute Gasteiger partial charge is 0.226 e. The number of amides is 1. The molecule has 2 aliphatic heterocycles. The number of rotatable bonds is 5. The summed E-state index contributed by atoms with van der Waals surface area (Å²) >= 11 is 0. The molecular weight excluding hydrogens is 278 g/mol. The maximum absolute atomic E-state index is 12.9. The fraction of sp³-hybridized carbons (Fsp3) is 0.611. The summed E-state index contributed by atoms with van der Waals surface area (Å²) in [6.07, 6.45) is 2.67. The van der Waals surface area contributed by atoms with E-state index in [1.54, 1.807) is 14.2 Å². The number of hydrogen-bond acceptors (Lipinski definition) is 3. The molecule has 4 nitrogen and oxygen atoms in total. The maximum Gasteiger partial charge on any atom is 0.226 e. The summed E-state index contributed by atoms with van der Waals surface area (Å²) in [7, 11) is 3.38. The summed E-state index contributed by atoms with van der Waals surface area (Å²) in [6, 6.07) is 10.1. The fourth-order valence-electron chi connectivity index (χ4n) is 4.20. The molecule has 0 unspecified atom stereocenters. The summed E-state index contributed by atoms with van der Waals surface area (Å²) in [4.78, 5) is 14.9. The first kappa shape index (κ1) is 15.5. The predicted molar refractivity (Wildman–Crippen MR) is 84.0 cm³/mol. The summed E-state index contributed by atoms with van der Waals surface area (Å²) in [6.45, 7) is 2.80. The summed E-state index contributed by atoms with van der Waals surface area (Å²) in [5.74, 6) is 0.0668. The first-order valence-electron chi connectivity index (χ1n) is 8.10. The van der Waals surface area contributed by atoms with Gasteiger partial charge in [-0.15, -0.1) is 0 Å². The quantitative estimate of drug-likeness (QED) is 0.785. The van der Waals surface area contributed by atoms with Crippen molar-refractivity contribution in [2.75, 3.05) is 14.2 Å². The Bertz CT molecular complexity index is 526. The lowest BCUT2D eigenvalue weighted by Gasteiger charge is -2.57. The van der Waals surface area contributed by atoms with E-state index in [1.807, 2.05) is 23.1 Å². The molecule has 0 radical (unpaired) electrons. The molecule has 4 rings (SSSR count). The molecule has 3 fully saturated rings. The number of fused-ring (bicyclic) bond motifs is 3. The average molecular weight is 303 g/mol. The number of piperidine rings is 2. The van der Waals surface area contributed by atoms with Crippen molar-refractivity contribution in [2.45, 2.75) is 44.6 Å². The summed E-state index contributed by atoms with van der Waals surface area (Å²) < 4.78 is 11.5. The van der Waals surface area contributed by atoms with E-state index in [2.05, 4.69) is 19.1 Å². The van der Waals surface area contributed by atoms with E-state index in [0.29, 0.717) is 18.9 Å². The molecule has 1 aromatic rings. The van der Waals surface area contributed by atoms with Gasteiger partial charge in [0.2, 0.25) is 5.91 Å². The van der Waals surface area contributed by atoms with Crippen LogP contribution in [0.4, 0.5) is 0 Å². The van der Waals surface area contributed by atoms with Crippen molar-refractivity contribution in [3.63, 3.8) is 0 Å². The zero-order valence-corrected chi connectivity index (χ0v) is 13.6. The number of ether oxygens (including phenoxy) is 2. The Morgan fingerprint density at radius 1 is 1.23 bits per heavy atom. The molecule has 3 aliphatic rings. The van der Waals surface area contributed by atoms with Gasteiger partial charge >= 0.3 is 0 Å². The van der Waals surface area contributed by atoms with Gasteiger partial charge in [0.05, 0.1) is 6.04 Å². The van der Waals surface area contributed by atoms with Crippen molar-refractivity contribution >= 4 is 5.91 Å². The molecule has 0 spiro atoms. The number of methoxy groups -OCH3 is 2. The summed E-state index contributed by atoms with van der Waals surface area (Å²) in [5, 5.41) is 0. The van der Waals surface area contributed by atoms with Gasteiger partial charge in [-0.2, -0.15) is 0 Å². The van der Waals surface area contributed by atoms with E-state index in [1.165, 1.54) is 0 Å². The van der Waals surface area contributed by atoms with Crippen LogP contribution in [0.5, 0.6) is 0 Å². The molecule has 4 heteroatoms. The molecule has 1 amide bonds. The zero-order valence-electron chi connectivity index (χ0n) is 13.6. The molecule has 1 aliphatic carbocycles. The maximum atomic E-state index is 12.9. The van der Waals surface area contributed by atoms with Crippen molar-refractivity contribution in [3.8, 4) is 0 Å². The topological polar surface area (TPSA) is 38.8 Å². The number of carbonyl (C=O) groups excluding carboxylic acids is 1. The first-order valence-corrected chi connectivity index (χ1v) is 8.10. The normalized spacial score (nSPS) is 29.9. The minimum absolute atomic E-state index is 0.00911. The van der Waals surface area contributed by atoms with Crippen LogP contribution in [0.25, 0.3) is 0 Å². The largest absolute Gasteiger partial charge is 0.351 e. The Morgan fingerprint density at radius 2 is 1.91 bits per heavy atom. The van der Waals surface area contributed by atoms with Crippen molar-refractivity contribution in [3.05, 3.63) is 35.9 Å². The average Bonchev–Trinajstić information content (AvgIpc) is 2.58. The van der Waals surface area contributed by atoms with Crippen LogP contribution in [0.2, 0.25) is 0 Å². The lowest BCUT2D eigenvalue weighted by molar-refractivity contribution is -0.286. The second kappa shape index (κ2) is 6.01. The minimum atomic E-state index is -0.654. The minimum Gasteiger partial charge on any atom is -0.351 e. The Balaban J connectivity index is 1.91. The highest BCUT2D eigenvalue weighted by Crippen LogP contribution is 2.49. The Hall–Kier alpha value is -1.39. The molecule has 2 bridgehead atoms. The lowest BCUT2D eigenvalue weighted by Crippen LogP contribution is -2.68. The fourth-order valence-corrected chi connectivity index (χ4v) is 4.20. The van der Waals surface area contributed by atoms with Crippen LogP contribution in [-0.4, -0.2) is 36.9 Å². The van der Waals surface area contributed by atoms with E-state index in [9.17, 15) is 4.79 Å². The molecule has 0 aromatic heterocycles. The van der Waals surface area contributed by atoms with Crippen molar-refractivity contribution in [1.29, 1.82) is 0 Å². The molecule has 1 aromatic carbocycles. The van der Waals surface area contributed by atoms with Crippen molar-refractivity contribution in [2.24, 2.45) is 11.8 Å². The van der Waals surface area contributed by atoms with E-state index in [4.69, 9.17) is 9.47 Å². The standard InChI is InChI=1S/C18H25NO3/c1-4-14-10-16-18(21-2,22-3)11-15(14)17(20)19(16)12-13-8-6-5-7-9-13/h5-9,14-16H,4,10-12H2,1-3H3/t14-,15-,16+/m0/s1. The third kappa shape index (κ3) is 2.34. The Morgan fingerprint density at radius 3 is 2.50 bits per heavy atom. The van der Waals surface area contributed by atoms with Gasteiger partial charge < -0.3 is 14.4 Å². The molecule has 22 heavy (non-hydrogen) atoms. The highest BCUT2D eigenvalue weighted by molar-refractivity contribution is 5.82. The monoisotopic (exact) mass is 303 g/mol. The molecule has 3 atom stereocenters. The number of benzene rings is 1. The molecule has 2 heterocycles. The van der Waals surface area contributed by atoms with E-state index < -0.39 is 5.79 Å². The number of carbonyl (C=O) groups is 1. The van der Waals surface area contributed by atoms with Crippen LogP contribution in [0.1, 0.15) is 31.7 Å². The number of nitrogens with zero attached hydrogens (tertiary/aromatic N) is 1. The van der Waals surface area contributed by atoms with Crippen LogP contribution in [0, 0.1) is 11.8 Å². The van der Waals surface area contributed by atoms with Gasteiger partial charge in [-0.25, -0.2) is 0 Å². The molecule has 1 saturated carbocycles. The van der Waals surface area contributed by atoms with Crippen molar-refractivity contribution < 1.29 is 14.3 Å². The lowest BCUT2D eigenvalue weighted by atomic mass is 9.67. The van der Waals surface area contributed by atoms with Gasteiger partial charge in [-0.05, 0) is 17.9 Å². The van der Waals surface area contributed by atoms with Crippen LogP contribution < -0.4 is 0 Å². The van der Waals surface area contributed by atoms with Crippen LogP contribution in [0.15, 0.2) is 30.3 Å². The third-order valence-electron chi connectivity index (χ3n) is 5.49. The molecule has 2 saturated heterocycles.